The van der Waals surface area contributed by atoms with E-state index in [0.29, 0.717) is 17.6 Å². The number of benzene rings is 2. The molecular formula is C35H47F3N4O2. The van der Waals surface area contributed by atoms with Gasteiger partial charge >= 0.3 is 6.18 Å². The zero-order valence-corrected chi connectivity index (χ0v) is 26.9. The van der Waals surface area contributed by atoms with E-state index in [1.807, 2.05) is 52.0 Å². The third-order valence-electron chi connectivity index (χ3n) is 9.65. The van der Waals surface area contributed by atoms with Gasteiger partial charge in [-0.2, -0.15) is 18.4 Å². The summed E-state index contributed by atoms with van der Waals surface area (Å²) in [6.07, 6.45) is 0.603. The van der Waals surface area contributed by atoms with Crippen molar-refractivity contribution in [2.24, 2.45) is 10.8 Å². The van der Waals surface area contributed by atoms with Gasteiger partial charge in [0.2, 0.25) is 0 Å². The van der Waals surface area contributed by atoms with Crippen LogP contribution in [-0.2, 0) is 12.6 Å². The highest BCUT2D eigenvalue weighted by Gasteiger charge is 2.64. The van der Waals surface area contributed by atoms with Gasteiger partial charge in [-0.1, -0.05) is 52.7 Å². The van der Waals surface area contributed by atoms with Gasteiger partial charge in [-0.25, -0.2) is 0 Å². The molecule has 0 aromatic heterocycles. The molecule has 2 fully saturated rings. The van der Waals surface area contributed by atoms with Crippen LogP contribution in [0.5, 0.6) is 5.75 Å². The summed E-state index contributed by atoms with van der Waals surface area (Å²) < 4.78 is 46.5. The molecule has 240 valence electrons. The lowest BCUT2D eigenvalue weighted by Crippen LogP contribution is -2.74. The molecular weight excluding hydrogens is 565 g/mol. The summed E-state index contributed by atoms with van der Waals surface area (Å²) in [5.41, 5.74) is -0.774. The van der Waals surface area contributed by atoms with Crippen LogP contribution in [0.2, 0.25) is 0 Å². The van der Waals surface area contributed by atoms with Crippen LogP contribution in [0.1, 0.15) is 94.3 Å². The van der Waals surface area contributed by atoms with Crippen molar-refractivity contribution in [1.29, 1.82) is 5.26 Å². The van der Waals surface area contributed by atoms with Crippen LogP contribution in [0.3, 0.4) is 0 Å². The first-order valence-corrected chi connectivity index (χ1v) is 15.8. The minimum absolute atomic E-state index is 0.0478. The number of halogens is 3. The van der Waals surface area contributed by atoms with Gasteiger partial charge in [0, 0.05) is 47.6 Å². The molecule has 44 heavy (non-hydrogen) atoms. The summed E-state index contributed by atoms with van der Waals surface area (Å²) in [5.74, 6) is -0.137. The van der Waals surface area contributed by atoms with E-state index in [2.05, 4.69) is 29.4 Å². The maximum atomic E-state index is 13.5. The number of hydrogen-bond acceptors (Lipinski definition) is 5. The number of nitriles is 1. The van der Waals surface area contributed by atoms with Gasteiger partial charge in [0.1, 0.15) is 11.9 Å². The van der Waals surface area contributed by atoms with Crippen LogP contribution < -0.4 is 15.4 Å². The van der Waals surface area contributed by atoms with Gasteiger partial charge in [0.15, 0.2) is 0 Å². The molecule has 1 aliphatic heterocycles. The average Bonchev–Trinajstić information content (AvgIpc) is 2.97. The van der Waals surface area contributed by atoms with Crippen molar-refractivity contribution in [2.75, 3.05) is 19.6 Å². The minimum atomic E-state index is -4.66. The summed E-state index contributed by atoms with van der Waals surface area (Å²) in [7, 11) is 0. The van der Waals surface area contributed by atoms with Crippen LogP contribution in [0.25, 0.3) is 0 Å². The maximum Gasteiger partial charge on any atom is 0.417 e. The number of ether oxygens (including phenoxy) is 1. The van der Waals surface area contributed by atoms with Gasteiger partial charge < -0.3 is 15.4 Å². The fourth-order valence-electron chi connectivity index (χ4n) is 7.49. The second-order valence-corrected chi connectivity index (χ2v) is 13.8. The van der Waals surface area contributed by atoms with Gasteiger partial charge in [-0.15, -0.1) is 0 Å². The summed E-state index contributed by atoms with van der Waals surface area (Å²) >= 11 is 0. The van der Waals surface area contributed by atoms with Crippen molar-refractivity contribution in [2.45, 2.75) is 104 Å². The highest BCUT2D eigenvalue weighted by molar-refractivity contribution is 5.94. The van der Waals surface area contributed by atoms with Crippen molar-refractivity contribution in [3.8, 4) is 11.8 Å². The molecule has 1 saturated heterocycles. The normalized spacial score (nSPS) is 24.6. The number of carbonyl (C=O) groups excluding carboxylic acids is 1. The number of amides is 1. The zero-order chi connectivity index (χ0) is 32.3. The van der Waals surface area contributed by atoms with Crippen molar-refractivity contribution >= 4 is 5.91 Å². The Bertz CT molecular complexity index is 1310. The quantitative estimate of drug-likeness (QED) is 0.268. The van der Waals surface area contributed by atoms with E-state index in [1.54, 1.807) is 6.07 Å². The topological polar surface area (TPSA) is 77.4 Å². The van der Waals surface area contributed by atoms with Crippen molar-refractivity contribution < 1.29 is 22.7 Å². The number of piperazine rings is 1. The maximum absolute atomic E-state index is 13.5. The monoisotopic (exact) mass is 612 g/mol. The lowest BCUT2D eigenvalue weighted by Gasteiger charge is -2.63. The Balaban J connectivity index is 1.26. The first kappa shape index (κ1) is 33.8. The van der Waals surface area contributed by atoms with E-state index in [0.717, 1.165) is 44.6 Å². The van der Waals surface area contributed by atoms with E-state index in [1.165, 1.54) is 30.9 Å². The molecule has 2 aromatic rings. The number of rotatable bonds is 11. The summed E-state index contributed by atoms with van der Waals surface area (Å²) in [6.45, 7) is 15.6. The highest BCUT2D eigenvalue weighted by Crippen LogP contribution is 2.55. The summed E-state index contributed by atoms with van der Waals surface area (Å²) in [6, 6.07) is 13.7. The van der Waals surface area contributed by atoms with E-state index in [9.17, 15) is 18.0 Å². The predicted octanol–water partition coefficient (Wildman–Crippen LogP) is 6.97. The summed E-state index contributed by atoms with van der Waals surface area (Å²) in [5, 5.41) is 15.7. The molecule has 1 saturated carbocycles. The van der Waals surface area contributed by atoms with Crippen LogP contribution in [0.4, 0.5) is 13.2 Å². The largest absolute Gasteiger partial charge is 0.489 e. The first-order valence-electron chi connectivity index (χ1n) is 15.8. The van der Waals surface area contributed by atoms with Crippen LogP contribution >= 0.6 is 0 Å². The average molecular weight is 613 g/mol. The van der Waals surface area contributed by atoms with Crippen LogP contribution in [0, 0.1) is 22.2 Å². The van der Waals surface area contributed by atoms with Gasteiger partial charge in [0.25, 0.3) is 5.91 Å². The number of unbranched alkanes of at least 4 members (excludes halogenated alkanes) is 3. The third-order valence-corrected chi connectivity index (χ3v) is 9.65. The molecule has 2 aromatic carbocycles. The minimum Gasteiger partial charge on any atom is -0.489 e. The molecule has 0 spiro atoms. The lowest BCUT2D eigenvalue weighted by atomic mass is 9.49. The molecule has 2 atom stereocenters. The molecule has 1 heterocycles. The number of hydrogen-bond donors (Lipinski definition) is 2. The molecule has 0 bridgehead atoms. The van der Waals surface area contributed by atoms with E-state index >= 15 is 0 Å². The molecule has 0 radical (unpaired) electrons. The molecule has 2 N–H and O–H groups in total. The fraction of sp³-hybridized carbons (Fsp3) is 0.600. The number of aryl methyl sites for hydroxylation is 1. The number of nitrogens with zero attached hydrogens (tertiary/aromatic N) is 2. The van der Waals surface area contributed by atoms with Crippen molar-refractivity contribution in [3.05, 3.63) is 64.7 Å². The predicted molar refractivity (Wildman–Crippen MR) is 167 cm³/mol. The number of nitrogens with one attached hydrogen (secondary N) is 2. The fourth-order valence-corrected chi connectivity index (χ4v) is 7.49. The highest BCUT2D eigenvalue weighted by atomic mass is 19.4. The molecule has 1 aliphatic carbocycles. The molecule has 6 nitrogen and oxygen atoms in total. The first-order chi connectivity index (χ1) is 20.7. The van der Waals surface area contributed by atoms with Gasteiger partial charge in [0.05, 0.1) is 17.2 Å². The Morgan fingerprint density at radius 1 is 1.00 bits per heavy atom. The smallest absolute Gasteiger partial charge is 0.417 e. The van der Waals surface area contributed by atoms with Crippen LogP contribution in [-0.4, -0.2) is 54.7 Å². The number of carbonyl (C=O) groups is 1. The zero-order valence-electron chi connectivity index (χ0n) is 26.9. The Hall–Kier alpha value is -3.09. The second kappa shape index (κ2) is 13.5. The van der Waals surface area contributed by atoms with Crippen LogP contribution in [0.15, 0.2) is 42.5 Å². The van der Waals surface area contributed by atoms with Gasteiger partial charge in [-0.3, -0.25) is 9.69 Å². The third kappa shape index (κ3) is 7.40. The Morgan fingerprint density at radius 2 is 1.61 bits per heavy atom. The van der Waals surface area contributed by atoms with Gasteiger partial charge in [-0.05, 0) is 75.5 Å². The molecule has 0 unspecified atom stereocenters. The second-order valence-electron chi connectivity index (χ2n) is 13.8. The number of alkyl halides is 3. The molecule has 2 aliphatic rings. The lowest BCUT2D eigenvalue weighted by molar-refractivity contribution is -0.164. The summed E-state index contributed by atoms with van der Waals surface area (Å²) in [4.78, 5) is 15.8. The van der Waals surface area contributed by atoms with E-state index in [-0.39, 0.29) is 17.7 Å². The van der Waals surface area contributed by atoms with Crippen molar-refractivity contribution in [3.63, 3.8) is 0 Å². The standard InChI is InChI=1S/C35H47F3N4O2/c1-23-21-40-22-24(2)42(23)18-10-8-7-9-11-25-12-14-26(15-13-25)30(43)41-31-33(3,4)32(34(31,5)6)44-28-17-16-27(20-39)29(19-28)35(36,37)38/h12-17,19,23-24,31-32,40H,7-11,18,21-22H2,1-6H3,(H,41,43)/t23-,24+,31?,32?. The SMILES string of the molecule is C[C@@H]1CNC[C@H](C)N1CCCCCCc1ccc(C(=O)NC2C(C)(C)C(Oc3ccc(C#N)c(C(F)(F)F)c3)C2(C)C)cc1. The Kier molecular flexibility index (Phi) is 10.4. The Morgan fingerprint density at radius 3 is 2.20 bits per heavy atom. The Labute approximate surface area is 260 Å². The van der Waals surface area contributed by atoms with E-state index < -0.39 is 34.2 Å². The van der Waals surface area contributed by atoms with E-state index in [4.69, 9.17) is 10.00 Å². The molecule has 4 rings (SSSR count). The molecule has 1 amide bonds. The van der Waals surface area contributed by atoms with Crippen molar-refractivity contribution in [1.82, 2.24) is 15.5 Å². The molecule has 9 heteroatoms.